The molecule has 0 fully saturated rings. The van der Waals surface area contributed by atoms with E-state index in [2.05, 4.69) is 0 Å². The van der Waals surface area contributed by atoms with Gasteiger partial charge in [-0.25, -0.2) is 8.78 Å². The first-order valence-corrected chi connectivity index (χ1v) is 4.18. The molecule has 0 atom stereocenters. The van der Waals surface area contributed by atoms with E-state index in [1.807, 2.05) is 0 Å². The van der Waals surface area contributed by atoms with Gasteiger partial charge in [0.25, 0.3) is 0 Å². The Labute approximate surface area is 78.3 Å². The number of carbonyl (C=O) groups is 1. The standard InChI is InChI=1S/C9H5ClF2O/c10-8-4-1-2-7(13)5(4)3-6(11)9(8)12/h3H,1-2H2. The quantitative estimate of drug-likeness (QED) is 0.592. The molecule has 0 unspecified atom stereocenters. The number of ketones is 1. The number of hydrogen-bond donors (Lipinski definition) is 0. The fourth-order valence-corrected chi connectivity index (χ4v) is 1.79. The summed E-state index contributed by atoms with van der Waals surface area (Å²) in [5.74, 6) is -2.29. The highest BCUT2D eigenvalue weighted by atomic mass is 35.5. The highest BCUT2D eigenvalue weighted by Gasteiger charge is 2.26. The molecular formula is C9H5ClF2O. The second-order valence-electron chi connectivity index (χ2n) is 2.94. The Hall–Kier alpha value is -0.960. The summed E-state index contributed by atoms with van der Waals surface area (Å²) in [6.45, 7) is 0. The maximum atomic E-state index is 12.9. The highest BCUT2D eigenvalue weighted by Crippen LogP contribution is 2.32. The lowest BCUT2D eigenvalue weighted by atomic mass is 10.1. The number of carbonyl (C=O) groups excluding carboxylic acids is 1. The Morgan fingerprint density at radius 3 is 2.69 bits per heavy atom. The molecule has 68 valence electrons. The van der Waals surface area contributed by atoms with E-state index < -0.39 is 11.6 Å². The molecule has 0 radical (unpaired) electrons. The van der Waals surface area contributed by atoms with Crippen LogP contribution in [0, 0.1) is 11.6 Å². The highest BCUT2D eigenvalue weighted by molar-refractivity contribution is 6.32. The second-order valence-corrected chi connectivity index (χ2v) is 3.31. The first-order valence-electron chi connectivity index (χ1n) is 3.81. The number of benzene rings is 1. The molecule has 0 amide bonds. The smallest absolute Gasteiger partial charge is 0.177 e. The fraction of sp³-hybridized carbons (Fsp3) is 0.222. The van der Waals surface area contributed by atoms with Crippen LogP contribution in [0.25, 0.3) is 0 Å². The van der Waals surface area contributed by atoms with E-state index in [0.29, 0.717) is 12.0 Å². The maximum absolute atomic E-state index is 12.9. The van der Waals surface area contributed by atoms with Crippen molar-refractivity contribution in [3.8, 4) is 0 Å². The Morgan fingerprint density at radius 2 is 2.00 bits per heavy atom. The molecule has 1 aromatic carbocycles. The van der Waals surface area contributed by atoms with E-state index in [0.717, 1.165) is 6.07 Å². The second kappa shape index (κ2) is 2.77. The minimum Gasteiger partial charge on any atom is -0.294 e. The molecule has 0 spiro atoms. The van der Waals surface area contributed by atoms with E-state index in [-0.39, 0.29) is 22.8 Å². The maximum Gasteiger partial charge on any atom is 0.177 e. The van der Waals surface area contributed by atoms with Crippen molar-refractivity contribution in [3.63, 3.8) is 0 Å². The van der Waals surface area contributed by atoms with Gasteiger partial charge in [-0.15, -0.1) is 0 Å². The van der Waals surface area contributed by atoms with Crippen LogP contribution in [0.4, 0.5) is 8.78 Å². The summed E-state index contributed by atoms with van der Waals surface area (Å²) in [6.07, 6.45) is 0.697. The normalized spacial score (nSPS) is 14.8. The lowest BCUT2D eigenvalue weighted by Gasteiger charge is -2.02. The van der Waals surface area contributed by atoms with Gasteiger partial charge in [0, 0.05) is 12.0 Å². The third-order valence-electron chi connectivity index (χ3n) is 2.17. The Kier molecular flexibility index (Phi) is 1.84. The van der Waals surface area contributed by atoms with Crippen molar-refractivity contribution in [1.82, 2.24) is 0 Å². The van der Waals surface area contributed by atoms with Crippen molar-refractivity contribution < 1.29 is 13.6 Å². The van der Waals surface area contributed by atoms with E-state index >= 15 is 0 Å². The zero-order valence-electron chi connectivity index (χ0n) is 6.53. The molecule has 1 aromatic rings. The average Bonchev–Trinajstić information content (AvgIpc) is 2.45. The van der Waals surface area contributed by atoms with Gasteiger partial charge in [0.2, 0.25) is 0 Å². The first-order chi connectivity index (χ1) is 6.11. The SMILES string of the molecule is O=C1CCc2c1cc(F)c(F)c2Cl. The zero-order valence-corrected chi connectivity index (χ0v) is 7.29. The van der Waals surface area contributed by atoms with Crippen molar-refractivity contribution >= 4 is 17.4 Å². The Balaban J connectivity index is 2.74. The monoisotopic (exact) mass is 202 g/mol. The zero-order chi connectivity index (χ0) is 9.59. The number of fused-ring (bicyclic) bond motifs is 1. The molecule has 0 saturated carbocycles. The summed E-state index contributed by atoms with van der Waals surface area (Å²) in [7, 11) is 0. The lowest BCUT2D eigenvalue weighted by Crippen LogP contribution is -1.96. The largest absolute Gasteiger partial charge is 0.294 e. The van der Waals surface area contributed by atoms with Crippen molar-refractivity contribution in [1.29, 1.82) is 0 Å². The Bertz CT molecular complexity index is 401. The van der Waals surface area contributed by atoms with Crippen LogP contribution < -0.4 is 0 Å². The molecule has 0 aliphatic heterocycles. The van der Waals surface area contributed by atoms with Crippen molar-refractivity contribution in [2.45, 2.75) is 12.8 Å². The van der Waals surface area contributed by atoms with Gasteiger partial charge < -0.3 is 0 Å². The summed E-state index contributed by atoms with van der Waals surface area (Å²) < 4.78 is 25.7. The fourth-order valence-electron chi connectivity index (χ4n) is 1.50. The topological polar surface area (TPSA) is 17.1 Å². The first kappa shape index (κ1) is 8.63. The van der Waals surface area contributed by atoms with Crippen LogP contribution >= 0.6 is 11.6 Å². The molecule has 0 bridgehead atoms. The van der Waals surface area contributed by atoms with Crippen LogP contribution in [-0.2, 0) is 6.42 Å². The van der Waals surface area contributed by atoms with Gasteiger partial charge in [-0.2, -0.15) is 0 Å². The molecule has 13 heavy (non-hydrogen) atoms. The van der Waals surface area contributed by atoms with E-state index in [9.17, 15) is 13.6 Å². The summed E-state index contributed by atoms with van der Waals surface area (Å²) in [5.41, 5.74) is 0.662. The molecule has 1 aliphatic carbocycles. The third kappa shape index (κ3) is 1.15. The third-order valence-corrected chi connectivity index (χ3v) is 2.56. The number of Topliss-reactive ketones (excluding diaryl/α,β-unsaturated/α-hetero) is 1. The molecule has 1 aliphatic rings. The van der Waals surface area contributed by atoms with Crippen molar-refractivity contribution in [2.24, 2.45) is 0 Å². The minimum absolute atomic E-state index is 0.171. The van der Waals surface area contributed by atoms with Crippen LogP contribution in [0.3, 0.4) is 0 Å². The van der Waals surface area contributed by atoms with Gasteiger partial charge in [-0.3, -0.25) is 4.79 Å². The summed E-state index contributed by atoms with van der Waals surface area (Å²) in [6, 6.07) is 0.923. The van der Waals surface area contributed by atoms with E-state index in [1.165, 1.54) is 0 Å². The molecule has 1 nitrogen and oxygen atoms in total. The van der Waals surface area contributed by atoms with Crippen molar-refractivity contribution in [2.75, 3.05) is 0 Å². The predicted octanol–water partition coefficient (Wildman–Crippen LogP) is 2.75. The summed E-state index contributed by atoms with van der Waals surface area (Å²) >= 11 is 5.54. The lowest BCUT2D eigenvalue weighted by molar-refractivity contribution is 0.0994. The predicted molar refractivity (Wildman–Crippen MR) is 44.0 cm³/mol. The van der Waals surface area contributed by atoms with Crippen molar-refractivity contribution in [3.05, 3.63) is 33.9 Å². The summed E-state index contributed by atoms with van der Waals surface area (Å²) in [5, 5.41) is -0.249. The van der Waals surface area contributed by atoms with E-state index in [4.69, 9.17) is 11.6 Å². The van der Waals surface area contributed by atoms with Gasteiger partial charge in [0.1, 0.15) is 0 Å². The Morgan fingerprint density at radius 1 is 1.31 bits per heavy atom. The molecule has 4 heteroatoms. The van der Waals surface area contributed by atoms with Crippen LogP contribution in [0.5, 0.6) is 0 Å². The molecule has 2 rings (SSSR count). The average molecular weight is 203 g/mol. The van der Waals surface area contributed by atoms with Gasteiger partial charge in [-0.05, 0) is 18.1 Å². The van der Waals surface area contributed by atoms with Crippen LogP contribution in [0.15, 0.2) is 6.07 Å². The molecule has 0 saturated heterocycles. The minimum atomic E-state index is -1.06. The summed E-state index contributed by atoms with van der Waals surface area (Å²) in [4.78, 5) is 11.1. The molecule has 0 aromatic heterocycles. The van der Waals surface area contributed by atoms with Gasteiger partial charge in [-0.1, -0.05) is 11.6 Å². The van der Waals surface area contributed by atoms with Crippen LogP contribution in [-0.4, -0.2) is 5.78 Å². The van der Waals surface area contributed by atoms with Crippen LogP contribution in [0.2, 0.25) is 5.02 Å². The number of halogens is 3. The van der Waals surface area contributed by atoms with Gasteiger partial charge in [0.05, 0.1) is 5.02 Å². The number of hydrogen-bond acceptors (Lipinski definition) is 1. The molecule has 0 heterocycles. The van der Waals surface area contributed by atoms with E-state index in [1.54, 1.807) is 0 Å². The van der Waals surface area contributed by atoms with Crippen LogP contribution in [0.1, 0.15) is 22.3 Å². The van der Waals surface area contributed by atoms with Gasteiger partial charge in [0.15, 0.2) is 17.4 Å². The molecule has 0 N–H and O–H groups in total. The van der Waals surface area contributed by atoms with Gasteiger partial charge >= 0.3 is 0 Å². The molecular weight excluding hydrogens is 198 g/mol. The number of rotatable bonds is 0.